The van der Waals surface area contributed by atoms with E-state index in [0.717, 1.165) is 5.57 Å². The van der Waals surface area contributed by atoms with Gasteiger partial charge in [-0.15, -0.1) is 0 Å². The molecule has 0 radical (unpaired) electrons. The number of rotatable bonds is 4. The van der Waals surface area contributed by atoms with Crippen molar-refractivity contribution >= 4 is 46.4 Å². The van der Waals surface area contributed by atoms with Crippen LogP contribution in [-0.4, -0.2) is 25.0 Å². The van der Waals surface area contributed by atoms with Crippen molar-refractivity contribution in [2.45, 2.75) is 6.92 Å². The molecule has 0 atom stereocenters. The van der Waals surface area contributed by atoms with Gasteiger partial charge in [-0.3, -0.25) is 9.59 Å². The summed E-state index contributed by atoms with van der Waals surface area (Å²) in [5, 5.41) is 3.47. The monoisotopic (exact) mass is 390 g/mol. The van der Waals surface area contributed by atoms with Crippen molar-refractivity contribution in [3.05, 3.63) is 64.2 Å². The molecular formula is C19H16Cl2N2O3. The summed E-state index contributed by atoms with van der Waals surface area (Å²) in [6.45, 7) is 6.07. The fourth-order valence-electron chi connectivity index (χ4n) is 2.56. The third-order valence-corrected chi connectivity index (χ3v) is 4.51. The first-order chi connectivity index (χ1) is 12.3. The minimum atomic E-state index is -0.335. The molecule has 134 valence electrons. The van der Waals surface area contributed by atoms with E-state index < -0.39 is 0 Å². The Hall–Kier alpha value is -2.50. The van der Waals surface area contributed by atoms with Crippen LogP contribution < -0.4 is 15.0 Å². The van der Waals surface area contributed by atoms with E-state index in [-0.39, 0.29) is 18.4 Å². The second-order valence-electron chi connectivity index (χ2n) is 5.99. The topological polar surface area (TPSA) is 58.6 Å². The minimum Gasteiger partial charge on any atom is -0.482 e. The summed E-state index contributed by atoms with van der Waals surface area (Å²) < 4.78 is 5.46. The number of nitrogens with zero attached hydrogens (tertiary/aromatic N) is 1. The molecule has 2 amide bonds. The van der Waals surface area contributed by atoms with Gasteiger partial charge in [0.1, 0.15) is 5.75 Å². The van der Waals surface area contributed by atoms with Gasteiger partial charge in [-0.1, -0.05) is 35.4 Å². The molecule has 0 saturated carbocycles. The standard InChI is InChI=1S/C19H16Cl2N2O3/c1-11(2)9-23-16-8-13(4-6-17(16)26-10-18(23)24)22-19(25)12-3-5-14(20)15(21)7-12/h3-8H,1,9-10H2,2H3,(H,22,25). The SMILES string of the molecule is C=C(C)CN1C(=O)COc2ccc(NC(=O)c3ccc(Cl)c(Cl)c3)cc21. The van der Waals surface area contributed by atoms with Crippen molar-refractivity contribution in [2.24, 2.45) is 0 Å². The Morgan fingerprint density at radius 3 is 2.69 bits per heavy atom. The van der Waals surface area contributed by atoms with Gasteiger partial charge < -0.3 is 15.0 Å². The van der Waals surface area contributed by atoms with E-state index in [4.69, 9.17) is 27.9 Å². The van der Waals surface area contributed by atoms with Crippen molar-refractivity contribution in [3.63, 3.8) is 0 Å². The van der Waals surface area contributed by atoms with Gasteiger partial charge in [-0.25, -0.2) is 0 Å². The molecule has 1 aliphatic heterocycles. The normalized spacial score (nSPS) is 13.0. The zero-order valence-corrected chi connectivity index (χ0v) is 15.5. The summed E-state index contributed by atoms with van der Waals surface area (Å²) in [5.41, 5.74) is 2.35. The van der Waals surface area contributed by atoms with Gasteiger partial charge in [-0.2, -0.15) is 0 Å². The molecule has 7 heteroatoms. The van der Waals surface area contributed by atoms with Crippen LogP contribution in [0.1, 0.15) is 17.3 Å². The number of nitrogens with one attached hydrogen (secondary N) is 1. The van der Waals surface area contributed by atoms with Gasteiger partial charge in [0.05, 0.1) is 15.7 Å². The summed E-state index contributed by atoms with van der Waals surface area (Å²) in [6, 6.07) is 9.78. The molecule has 2 aromatic rings. The van der Waals surface area contributed by atoms with Gasteiger partial charge >= 0.3 is 0 Å². The number of halogens is 2. The number of amides is 2. The highest BCUT2D eigenvalue weighted by atomic mass is 35.5. The first kappa shape index (κ1) is 18.3. The molecule has 5 nitrogen and oxygen atoms in total. The predicted octanol–water partition coefficient (Wildman–Crippen LogP) is 4.55. The molecule has 2 aromatic carbocycles. The summed E-state index contributed by atoms with van der Waals surface area (Å²) >= 11 is 11.8. The maximum Gasteiger partial charge on any atom is 0.265 e. The highest BCUT2D eigenvalue weighted by Gasteiger charge is 2.26. The maximum absolute atomic E-state index is 12.4. The number of hydrogen-bond donors (Lipinski definition) is 1. The molecule has 0 aromatic heterocycles. The van der Waals surface area contributed by atoms with Gasteiger partial charge in [0.2, 0.25) is 0 Å². The number of ether oxygens (including phenoxy) is 1. The Labute approximate surface area is 161 Å². The highest BCUT2D eigenvalue weighted by Crippen LogP contribution is 2.35. The third-order valence-electron chi connectivity index (χ3n) is 3.77. The fourth-order valence-corrected chi connectivity index (χ4v) is 2.86. The predicted molar refractivity (Wildman–Crippen MR) is 104 cm³/mol. The number of anilines is 2. The lowest BCUT2D eigenvalue weighted by Crippen LogP contribution is -2.39. The van der Waals surface area contributed by atoms with Crippen LogP contribution in [0.4, 0.5) is 11.4 Å². The van der Waals surface area contributed by atoms with E-state index in [1.165, 1.54) is 6.07 Å². The van der Waals surface area contributed by atoms with Crippen molar-refractivity contribution in [3.8, 4) is 5.75 Å². The van der Waals surface area contributed by atoms with Crippen LogP contribution in [-0.2, 0) is 4.79 Å². The highest BCUT2D eigenvalue weighted by molar-refractivity contribution is 6.42. The van der Waals surface area contributed by atoms with Crippen molar-refractivity contribution in [1.82, 2.24) is 0 Å². The molecule has 0 spiro atoms. The molecule has 0 saturated heterocycles. The van der Waals surface area contributed by atoms with Crippen LogP contribution in [0, 0.1) is 0 Å². The largest absolute Gasteiger partial charge is 0.482 e. The Morgan fingerprint density at radius 2 is 2.00 bits per heavy atom. The van der Waals surface area contributed by atoms with Gasteiger partial charge in [0.25, 0.3) is 11.8 Å². The molecular weight excluding hydrogens is 375 g/mol. The molecule has 0 fully saturated rings. The van der Waals surface area contributed by atoms with E-state index in [1.54, 1.807) is 35.2 Å². The van der Waals surface area contributed by atoms with E-state index in [9.17, 15) is 9.59 Å². The Morgan fingerprint density at radius 1 is 1.23 bits per heavy atom. The molecule has 1 heterocycles. The lowest BCUT2D eigenvalue weighted by molar-refractivity contribution is -0.121. The van der Waals surface area contributed by atoms with Crippen LogP contribution in [0.3, 0.4) is 0 Å². The lowest BCUT2D eigenvalue weighted by atomic mass is 10.1. The number of hydrogen-bond acceptors (Lipinski definition) is 3. The van der Waals surface area contributed by atoms with E-state index >= 15 is 0 Å². The van der Waals surface area contributed by atoms with Crippen LogP contribution in [0.2, 0.25) is 10.0 Å². The van der Waals surface area contributed by atoms with Crippen LogP contribution in [0.5, 0.6) is 5.75 Å². The Kier molecular flexibility index (Phi) is 5.20. The van der Waals surface area contributed by atoms with E-state index in [0.29, 0.717) is 39.3 Å². The number of carbonyl (C=O) groups is 2. The average Bonchev–Trinajstić information content (AvgIpc) is 2.59. The van der Waals surface area contributed by atoms with Crippen LogP contribution >= 0.6 is 23.2 Å². The average molecular weight is 391 g/mol. The van der Waals surface area contributed by atoms with Crippen molar-refractivity contribution < 1.29 is 14.3 Å². The molecule has 1 N–H and O–H groups in total. The molecule has 0 unspecified atom stereocenters. The summed E-state index contributed by atoms with van der Waals surface area (Å²) in [5.74, 6) is 0.0878. The maximum atomic E-state index is 12.4. The molecule has 3 rings (SSSR count). The lowest BCUT2D eigenvalue weighted by Gasteiger charge is -2.30. The second-order valence-corrected chi connectivity index (χ2v) is 6.81. The third kappa shape index (κ3) is 3.84. The van der Waals surface area contributed by atoms with Crippen LogP contribution in [0.15, 0.2) is 48.6 Å². The van der Waals surface area contributed by atoms with Gasteiger partial charge in [-0.05, 0) is 43.3 Å². The first-order valence-corrected chi connectivity index (χ1v) is 8.59. The van der Waals surface area contributed by atoms with Crippen LogP contribution in [0.25, 0.3) is 0 Å². The molecule has 0 bridgehead atoms. The molecule has 26 heavy (non-hydrogen) atoms. The summed E-state index contributed by atoms with van der Waals surface area (Å²) in [4.78, 5) is 26.2. The first-order valence-electron chi connectivity index (χ1n) is 7.83. The zero-order valence-electron chi connectivity index (χ0n) is 14.0. The Bertz CT molecular complexity index is 912. The zero-order chi connectivity index (χ0) is 18.8. The molecule has 1 aliphatic rings. The smallest absolute Gasteiger partial charge is 0.265 e. The van der Waals surface area contributed by atoms with Gasteiger partial charge in [0, 0.05) is 17.8 Å². The number of fused-ring (bicyclic) bond motifs is 1. The minimum absolute atomic E-state index is 0.0186. The number of carbonyl (C=O) groups excluding carboxylic acids is 2. The fraction of sp³-hybridized carbons (Fsp3) is 0.158. The van der Waals surface area contributed by atoms with E-state index in [2.05, 4.69) is 11.9 Å². The quantitative estimate of drug-likeness (QED) is 0.779. The number of benzene rings is 2. The second kappa shape index (κ2) is 7.40. The van der Waals surface area contributed by atoms with Crippen molar-refractivity contribution in [2.75, 3.05) is 23.4 Å². The molecule has 0 aliphatic carbocycles. The van der Waals surface area contributed by atoms with E-state index in [1.807, 2.05) is 6.92 Å². The Balaban J connectivity index is 1.86. The van der Waals surface area contributed by atoms with Gasteiger partial charge in [0.15, 0.2) is 6.61 Å². The summed E-state index contributed by atoms with van der Waals surface area (Å²) in [7, 11) is 0. The summed E-state index contributed by atoms with van der Waals surface area (Å²) in [6.07, 6.45) is 0. The van der Waals surface area contributed by atoms with Crippen molar-refractivity contribution in [1.29, 1.82) is 0 Å².